The molecule has 2 aromatic carbocycles. The van der Waals surface area contributed by atoms with Gasteiger partial charge in [-0.2, -0.15) is 10.1 Å². The van der Waals surface area contributed by atoms with E-state index in [0.717, 1.165) is 11.1 Å². The zero-order valence-corrected chi connectivity index (χ0v) is 20.2. The number of hydrogen-bond acceptors (Lipinski definition) is 7. The molecule has 0 radical (unpaired) electrons. The lowest BCUT2D eigenvalue weighted by molar-refractivity contribution is 0.0935. The second-order valence-electron chi connectivity index (χ2n) is 8.08. The molecule has 0 amide bonds. The van der Waals surface area contributed by atoms with Crippen LogP contribution in [0, 0.1) is 6.92 Å². The third kappa shape index (κ3) is 5.28. The average Bonchev–Trinajstić information content (AvgIpc) is 3.19. The largest absolute Gasteiger partial charge is 0.491 e. The first-order chi connectivity index (χ1) is 16.7. The minimum absolute atomic E-state index is 0.0132. The second-order valence-corrected chi connectivity index (χ2v) is 8.52. The first-order valence-electron chi connectivity index (χ1n) is 10.9. The van der Waals surface area contributed by atoms with Crippen molar-refractivity contribution in [2.75, 3.05) is 12.0 Å². The van der Waals surface area contributed by atoms with Gasteiger partial charge < -0.3 is 14.4 Å². The lowest BCUT2D eigenvalue weighted by atomic mass is 10.1. The molecule has 0 bridgehead atoms. The molecule has 0 aliphatic carbocycles. The standard InChI is InChI=1S/C24H25ClN6O4/c1-14-6-4-5-7-19(14)35-13-18(32)12-31-20-21(30(3)24(34)27-22(20)33)26-23(31)29-28-15(2)16-8-10-17(25)11-9-16/h4-11,18,32H,12-13H2,1-3H3,(H,26,29)(H,27,33,34)/b28-15-. The Morgan fingerprint density at radius 3 is 2.66 bits per heavy atom. The quantitative estimate of drug-likeness (QED) is 0.254. The number of aliphatic hydroxyl groups excluding tert-OH is 1. The van der Waals surface area contributed by atoms with Crippen molar-refractivity contribution in [2.24, 2.45) is 12.1 Å². The van der Waals surface area contributed by atoms with E-state index < -0.39 is 17.4 Å². The molecule has 0 aliphatic heterocycles. The summed E-state index contributed by atoms with van der Waals surface area (Å²) in [6.07, 6.45) is -0.981. The number of nitrogens with one attached hydrogen (secondary N) is 2. The van der Waals surface area contributed by atoms with Crippen LogP contribution in [0.15, 0.2) is 63.2 Å². The molecule has 0 saturated carbocycles. The van der Waals surface area contributed by atoms with Crippen molar-refractivity contribution in [1.29, 1.82) is 0 Å². The van der Waals surface area contributed by atoms with Gasteiger partial charge in [-0.1, -0.05) is 41.9 Å². The van der Waals surface area contributed by atoms with Gasteiger partial charge in [-0.3, -0.25) is 14.3 Å². The van der Waals surface area contributed by atoms with E-state index in [1.807, 2.05) is 43.3 Å². The zero-order valence-electron chi connectivity index (χ0n) is 19.4. The van der Waals surface area contributed by atoms with Crippen LogP contribution in [0.25, 0.3) is 11.2 Å². The maximum absolute atomic E-state index is 12.7. The Balaban J connectivity index is 1.65. The molecule has 2 aromatic heterocycles. The number of rotatable bonds is 8. The fourth-order valence-electron chi connectivity index (χ4n) is 3.55. The van der Waals surface area contributed by atoms with Crippen LogP contribution < -0.4 is 21.4 Å². The van der Waals surface area contributed by atoms with Gasteiger partial charge in [-0.05, 0) is 43.2 Å². The Hall–Kier alpha value is -3.89. The van der Waals surface area contributed by atoms with E-state index in [9.17, 15) is 14.7 Å². The van der Waals surface area contributed by atoms with Gasteiger partial charge in [0.05, 0.1) is 12.3 Å². The Bertz CT molecular complexity index is 1500. The first-order valence-corrected chi connectivity index (χ1v) is 11.2. The summed E-state index contributed by atoms with van der Waals surface area (Å²) in [5.74, 6) is 0.846. The predicted molar refractivity (Wildman–Crippen MR) is 136 cm³/mol. The molecular weight excluding hydrogens is 472 g/mol. The number of anilines is 1. The number of aryl methyl sites for hydroxylation is 2. The molecular formula is C24H25ClN6O4. The minimum atomic E-state index is -0.981. The second kappa shape index (κ2) is 10.2. The number of nitrogens with zero attached hydrogens (tertiary/aromatic N) is 4. The van der Waals surface area contributed by atoms with Crippen LogP contribution in [0.2, 0.25) is 5.02 Å². The third-order valence-electron chi connectivity index (χ3n) is 5.51. The van der Waals surface area contributed by atoms with Crippen LogP contribution in [0.4, 0.5) is 5.95 Å². The van der Waals surface area contributed by atoms with Crippen molar-refractivity contribution in [3.8, 4) is 5.75 Å². The van der Waals surface area contributed by atoms with Gasteiger partial charge in [-0.15, -0.1) is 0 Å². The Morgan fingerprint density at radius 1 is 1.23 bits per heavy atom. The van der Waals surface area contributed by atoms with E-state index in [1.54, 1.807) is 19.1 Å². The van der Waals surface area contributed by atoms with Gasteiger partial charge in [0.25, 0.3) is 5.56 Å². The van der Waals surface area contributed by atoms with Gasteiger partial charge >= 0.3 is 5.69 Å². The van der Waals surface area contributed by atoms with E-state index in [-0.39, 0.29) is 30.3 Å². The highest BCUT2D eigenvalue weighted by Gasteiger charge is 2.20. The van der Waals surface area contributed by atoms with E-state index in [1.165, 1.54) is 16.2 Å². The van der Waals surface area contributed by atoms with Crippen LogP contribution >= 0.6 is 11.6 Å². The van der Waals surface area contributed by atoms with E-state index in [2.05, 4.69) is 20.5 Å². The summed E-state index contributed by atoms with van der Waals surface area (Å²) in [6.45, 7) is 3.67. The number of aromatic nitrogens is 4. The van der Waals surface area contributed by atoms with Gasteiger partial charge in [0, 0.05) is 12.1 Å². The van der Waals surface area contributed by atoms with Crippen molar-refractivity contribution in [1.82, 2.24) is 19.1 Å². The number of imidazole rings is 1. The van der Waals surface area contributed by atoms with Gasteiger partial charge in [0.1, 0.15) is 18.5 Å². The average molecular weight is 497 g/mol. The van der Waals surface area contributed by atoms with Crippen molar-refractivity contribution in [2.45, 2.75) is 26.5 Å². The summed E-state index contributed by atoms with van der Waals surface area (Å²) in [6, 6.07) is 14.6. The maximum Gasteiger partial charge on any atom is 0.329 e. The molecule has 1 atom stereocenters. The number of para-hydroxylation sites is 1. The molecule has 2 heterocycles. The number of fused-ring (bicyclic) bond motifs is 1. The summed E-state index contributed by atoms with van der Waals surface area (Å²) < 4.78 is 8.47. The summed E-state index contributed by atoms with van der Waals surface area (Å²) in [5, 5.41) is 15.7. The normalized spacial score (nSPS) is 12.7. The number of hydrogen-bond donors (Lipinski definition) is 3. The van der Waals surface area contributed by atoms with Crippen molar-refractivity contribution in [3.05, 3.63) is 85.5 Å². The number of aromatic amines is 1. The van der Waals surface area contributed by atoms with E-state index in [0.29, 0.717) is 16.5 Å². The number of benzene rings is 2. The Labute approximate surface area is 205 Å². The van der Waals surface area contributed by atoms with Crippen molar-refractivity contribution >= 4 is 34.4 Å². The monoisotopic (exact) mass is 496 g/mol. The van der Waals surface area contributed by atoms with Crippen LogP contribution in [0.3, 0.4) is 0 Å². The minimum Gasteiger partial charge on any atom is -0.491 e. The zero-order chi connectivity index (χ0) is 25.1. The highest BCUT2D eigenvalue weighted by atomic mass is 35.5. The fraction of sp³-hybridized carbons (Fsp3) is 0.250. The molecule has 4 aromatic rings. The molecule has 1 unspecified atom stereocenters. The molecule has 35 heavy (non-hydrogen) atoms. The fourth-order valence-corrected chi connectivity index (χ4v) is 3.68. The molecule has 182 valence electrons. The Kier molecular flexibility index (Phi) is 7.04. The van der Waals surface area contributed by atoms with Crippen LogP contribution in [0.1, 0.15) is 18.1 Å². The number of H-pyrrole nitrogens is 1. The molecule has 11 heteroatoms. The van der Waals surface area contributed by atoms with Crippen LogP contribution in [0.5, 0.6) is 5.75 Å². The summed E-state index contributed by atoms with van der Waals surface area (Å²) >= 11 is 5.96. The first kappa shape index (κ1) is 24.2. The summed E-state index contributed by atoms with van der Waals surface area (Å²) in [5.41, 5.74) is 4.36. The van der Waals surface area contributed by atoms with Gasteiger partial charge in [0.15, 0.2) is 11.2 Å². The maximum atomic E-state index is 12.7. The SMILES string of the molecule is C/C(=N/Nc1nc2c(c(=O)[nH]c(=O)n2C)n1CC(O)COc1ccccc1C)c1ccc(Cl)cc1. The summed E-state index contributed by atoms with van der Waals surface area (Å²) in [7, 11) is 1.50. The van der Waals surface area contributed by atoms with Crippen LogP contribution in [-0.2, 0) is 13.6 Å². The molecule has 0 aliphatic rings. The van der Waals surface area contributed by atoms with E-state index >= 15 is 0 Å². The summed E-state index contributed by atoms with van der Waals surface area (Å²) in [4.78, 5) is 31.4. The highest BCUT2D eigenvalue weighted by Crippen LogP contribution is 2.19. The number of ether oxygens (including phenoxy) is 1. The molecule has 3 N–H and O–H groups in total. The van der Waals surface area contributed by atoms with E-state index in [4.69, 9.17) is 16.3 Å². The molecule has 0 saturated heterocycles. The smallest absolute Gasteiger partial charge is 0.329 e. The third-order valence-corrected chi connectivity index (χ3v) is 5.76. The Morgan fingerprint density at radius 2 is 1.94 bits per heavy atom. The van der Waals surface area contributed by atoms with Crippen molar-refractivity contribution in [3.63, 3.8) is 0 Å². The topological polar surface area (TPSA) is 127 Å². The number of halogens is 1. The number of aliphatic hydroxyl groups is 1. The van der Waals surface area contributed by atoms with Gasteiger partial charge in [-0.25, -0.2) is 10.2 Å². The highest BCUT2D eigenvalue weighted by molar-refractivity contribution is 6.30. The van der Waals surface area contributed by atoms with Crippen LogP contribution in [-0.4, -0.2) is 42.6 Å². The molecule has 10 nitrogen and oxygen atoms in total. The van der Waals surface area contributed by atoms with Crippen molar-refractivity contribution < 1.29 is 9.84 Å². The lowest BCUT2D eigenvalue weighted by Gasteiger charge is -2.16. The predicted octanol–water partition coefficient (Wildman–Crippen LogP) is 2.66. The number of hydrazone groups is 1. The lowest BCUT2D eigenvalue weighted by Crippen LogP contribution is -2.30. The molecule has 0 fully saturated rings. The molecule has 4 rings (SSSR count). The molecule has 0 spiro atoms. The van der Waals surface area contributed by atoms with Gasteiger partial charge in [0.2, 0.25) is 5.95 Å².